The monoisotopic (exact) mass is 610 g/mol. The summed E-state index contributed by atoms with van der Waals surface area (Å²) >= 11 is 1.57. The molecule has 1 aliphatic carbocycles. The fraction of sp³-hybridized carbons (Fsp3) is 0.265. The Morgan fingerprint density at radius 1 is 1.16 bits per heavy atom. The molecule has 44 heavy (non-hydrogen) atoms. The third-order valence-electron chi connectivity index (χ3n) is 8.36. The summed E-state index contributed by atoms with van der Waals surface area (Å²) < 4.78 is 28.7. The summed E-state index contributed by atoms with van der Waals surface area (Å²) in [7, 11) is 1.59. The number of aliphatic hydroxyl groups is 1. The molecule has 0 fully saturated rings. The number of halogens is 1. The van der Waals surface area contributed by atoms with Crippen LogP contribution >= 0.6 is 11.3 Å². The van der Waals surface area contributed by atoms with Crippen molar-refractivity contribution in [2.75, 3.05) is 26.9 Å². The van der Waals surface area contributed by atoms with Gasteiger partial charge >= 0.3 is 0 Å². The number of benzene rings is 2. The summed E-state index contributed by atoms with van der Waals surface area (Å²) in [6.07, 6.45) is 2.40. The van der Waals surface area contributed by atoms with E-state index in [4.69, 9.17) is 19.6 Å². The maximum Gasteiger partial charge on any atom is 0.246 e. The first-order valence-corrected chi connectivity index (χ1v) is 15.5. The number of aliphatic hydroxyl groups excluding tert-OH is 1. The number of carbonyl (C=O) groups excluding carboxylic acids is 1. The van der Waals surface area contributed by atoms with Crippen LogP contribution in [0.2, 0.25) is 0 Å². The largest absolute Gasteiger partial charge is 0.490 e. The predicted molar refractivity (Wildman–Crippen MR) is 168 cm³/mol. The Morgan fingerprint density at radius 2 is 2.05 bits per heavy atom. The molecule has 5 aromatic rings. The van der Waals surface area contributed by atoms with Gasteiger partial charge in [0.2, 0.25) is 5.91 Å². The van der Waals surface area contributed by atoms with Crippen molar-refractivity contribution in [3.8, 4) is 39.5 Å². The highest BCUT2D eigenvalue weighted by molar-refractivity contribution is 7.18. The van der Waals surface area contributed by atoms with E-state index in [-0.39, 0.29) is 12.5 Å². The number of fused-ring (bicyclic) bond motifs is 3. The second kappa shape index (κ2) is 11.6. The number of hydrogen-bond donors (Lipinski definition) is 1. The van der Waals surface area contributed by atoms with Gasteiger partial charge in [0.25, 0.3) is 0 Å². The minimum absolute atomic E-state index is 0.122. The van der Waals surface area contributed by atoms with E-state index in [1.165, 1.54) is 18.2 Å². The zero-order valence-electron chi connectivity index (χ0n) is 24.3. The fourth-order valence-electron chi connectivity index (χ4n) is 6.16. The van der Waals surface area contributed by atoms with Crippen LogP contribution in [0.4, 0.5) is 4.39 Å². The van der Waals surface area contributed by atoms with Crippen LogP contribution in [-0.4, -0.2) is 57.5 Å². The van der Waals surface area contributed by atoms with Gasteiger partial charge < -0.3 is 19.5 Å². The van der Waals surface area contributed by atoms with Gasteiger partial charge in [0.05, 0.1) is 37.2 Å². The Kier molecular flexibility index (Phi) is 7.49. The molecule has 0 unspecified atom stereocenters. The second-order valence-electron chi connectivity index (χ2n) is 11.0. The second-order valence-corrected chi connectivity index (χ2v) is 11.9. The average Bonchev–Trinajstić information content (AvgIpc) is 3.78. The third kappa shape index (κ3) is 4.98. The molecule has 0 saturated heterocycles. The molecule has 2 aromatic carbocycles. The molecule has 4 heterocycles. The molecule has 0 bridgehead atoms. The van der Waals surface area contributed by atoms with E-state index in [0.29, 0.717) is 55.4 Å². The molecule has 224 valence electrons. The average molecular weight is 611 g/mol. The highest BCUT2D eigenvalue weighted by Crippen LogP contribution is 2.46. The number of rotatable bonds is 8. The molecule has 1 atom stereocenters. The number of methoxy groups -OCH3 is 1. The normalized spacial score (nSPS) is 15.8. The molecule has 1 N–H and O–H groups in total. The number of thiophene rings is 1. The Bertz CT molecular complexity index is 1920. The van der Waals surface area contributed by atoms with E-state index < -0.39 is 11.9 Å². The van der Waals surface area contributed by atoms with E-state index in [1.54, 1.807) is 29.4 Å². The summed E-state index contributed by atoms with van der Waals surface area (Å²) in [4.78, 5) is 19.4. The van der Waals surface area contributed by atoms with Gasteiger partial charge in [-0.2, -0.15) is 5.10 Å². The molecule has 0 saturated carbocycles. The van der Waals surface area contributed by atoms with Gasteiger partial charge in [0, 0.05) is 46.5 Å². The summed E-state index contributed by atoms with van der Waals surface area (Å²) in [5.41, 5.74) is 7.43. The quantitative estimate of drug-likeness (QED) is 0.167. The third-order valence-corrected chi connectivity index (χ3v) is 9.29. The van der Waals surface area contributed by atoms with E-state index >= 15 is 0 Å². The first-order chi connectivity index (χ1) is 21.4. The topological polar surface area (TPSA) is 89.7 Å². The Labute approximate surface area is 258 Å². The maximum absolute atomic E-state index is 14.6. The number of carbonyl (C=O) groups is 1. The molecular weight excluding hydrogens is 579 g/mol. The van der Waals surface area contributed by atoms with E-state index in [9.17, 15) is 14.3 Å². The van der Waals surface area contributed by atoms with Crippen LogP contribution in [0.1, 0.15) is 29.3 Å². The number of hydrogen-bond acceptors (Lipinski definition) is 7. The Morgan fingerprint density at radius 3 is 2.89 bits per heavy atom. The standard InChI is InChI=1S/C34H31FN4O4S/c1-3-30(41)38-11-12-39-23(19-38)18-27(37-39)33-31(24-8-7-22(35)17-29(24)43-14-13-42-2)34-25(10-15-44-34)32(36-33)21-5-4-20-6-9-28(40)26(20)16-21/h3-5,7-8,10,15-18,28,40H,1,6,9,11-14,19H2,2H3/t28-/m1/s1. The minimum atomic E-state index is -0.492. The van der Waals surface area contributed by atoms with Crippen molar-refractivity contribution in [1.82, 2.24) is 19.7 Å². The lowest BCUT2D eigenvalue weighted by Gasteiger charge is -2.26. The molecule has 10 heteroatoms. The van der Waals surface area contributed by atoms with E-state index in [0.717, 1.165) is 50.1 Å². The summed E-state index contributed by atoms with van der Waals surface area (Å²) in [5.74, 6) is -0.140. The van der Waals surface area contributed by atoms with Crippen molar-refractivity contribution in [2.45, 2.75) is 32.0 Å². The molecule has 8 nitrogen and oxygen atoms in total. The predicted octanol–water partition coefficient (Wildman–Crippen LogP) is 6.17. The highest BCUT2D eigenvalue weighted by atomic mass is 32.1. The van der Waals surface area contributed by atoms with Crippen molar-refractivity contribution in [3.05, 3.63) is 89.2 Å². The molecule has 1 amide bonds. The van der Waals surface area contributed by atoms with Crippen LogP contribution in [-0.2, 0) is 29.0 Å². The number of aromatic nitrogens is 3. The minimum Gasteiger partial charge on any atom is -0.490 e. The number of pyridine rings is 1. The van der Waals surface area contributed by atoms with Crippen LogP contribution in [0.15, 0.2) is 66.6 Å². The van der Waals surface area contributed by atoms with Gasteiger partial charge in [-0.3, -0.25) is 9.48 Å². The lowest BCUT2D eigenvalue weighted by atomic mass is 9.96. The lowest BCUT2D eigenvalue weighted by Crippen LogP contribution is -2.37. The number of amides is 1. The van der Waals surface area contributed by atoms with Gasteiger partial charge in [-0.15, -0.1) is 11.3 Å². The zero-order chi connectivity index (χ0) is 30.4. The van der Waals surface area contributed by atoms with Gasteiger partial charge in [-0.25, -0.2) is 9.37 Å². The SMILES string of the molecule is C=CC(=O)N1CCn2nc(-c3nc(-c4ccc5c(c4)[C@H](O)CC5)c4ccsc4c3-c3ccc(F)cc3OCCOC)cc2C1. The molecule has 2 aliphatic rings. The van der Waals surface area contributed by atoms with E-state index in [1.807, 2.05) is 28.3 Å². The first-order valence-electron chi connectivity index (χ1n) is 14.6. The van der Waals surface area contributed by atoms with Crippen LogP contribution in [0.5, 0.6) is 5.75 Å². The smallest absolute Gasteiger partial charge is 0.246 e. The number of nitrogens with zero attached hydrogens (tertiary/aromatic N) is 4. The van der Waals surface area contributed by atoms with Crippen LogP contribution in [0.25, 0.3) is 43.9 Å². The highest BCUT2D eigenvalue weighted by Gasteiger charge is 2.28. The lowest BCUT2D eigenvalue weighted by molar-refractivity contribution is -0.127. The Hall–Kier alpha value is -4.38. The number of aryl methyl sites for hydroxylation is 1. The van der Waals surface area contributed by atoms with Crippen molar-refractivity contribution in [1.29, 1.82) is 0 Å². The molecule has 7 rings (SSSR count). The van der Waals surface area contributed by atoms with Gasteiger partial charge in [-0.1, -0.05) is 18.7 Å². The maximum atomic E-state index is 14.6. The summed E-state index contributed by atoms with van der Waals surface area (Å²) in [5, 5.41) is 18.6. The number of ether oxygens (including phenoxy) is 2. The Balaban J connectivity index is 1.45. The fourth-order valence-corrected chi connectivity index (χ4v) is 7.12. The first kappa shape index (κ1) is 28.4. The molecule has 0 spiro atoms. The molecule has 0 radical (unpaired) electrons. The van der Waals surface area contributed by atoms with Crippen LogP contribution in [0.3, 0.4) is 0 Å². The molecule has 3 aromatic heterocycles. The van der Waals surface area contributed by atoms with Gasteiger partial charge in [0.1, 0.15) is 29.6 Å². The van der Waals surface area contributed by atoms with E-state index in [2.05, 4.69) is 18.7 Å². The molecule has 1 aliphatic heterocycles. The van der Waals surface area contributed by atoms with Crippen LogP contribution in [0, 0.1) is 5.82 Å². The summed E-state index contributed by atoms with van der Waals surface area (Å²) in [6.45, 7) is 5.73. The van der Waals surface area contributed by atoms with Crippen molar-refractivity contribution >= 4 is 27.3 Å². The van der Waals surface area contributed by atoms with Crippen molar-refractivity contribution in [3.63, 3.8) is 0 Å². The van der Waals surface area contributed by atoms with Crippen molar-refractivity contribution < 1.29 is 23.8 Å². The van der Waals surface area contributed by atoms with Gasteiger partial charge in [-0.05, 0) is 65.8 Å². The summed E-state index contributed by atoms with van der Waals surface area (Å²) in [6, 6.07) is 14.7. The molecular formula is C34H31FN4O4S. The zero-order valence-corrected chi connectivity index (χ0v) is 25.1. The van der Waals surface area contributed by atoms with Gasteiger partial charge in [0.15, 0.2) is 0 Å². The van der Waals surface area contributed by atoms with Crippen LogP contribution < -0.4 is 4.74 Å². The van der Waals surface area contributed by atoms with Crippen molar-refractivity contribution in [2.24, 2.45) is 0 Å².